The van der Waals surface area contributed by atoms with Crippen molar-refractivity contribution in [3.05, 3.63) is 0 Å². The van der Waals surface area contributed by atoms with Crippen LogP contribution in [0.5, 0.6) is 0 Å². The summed E-state index contributed by atoms with van der Waals surface area (Å²) in [6.07, 6.45) is 5.83. The fourth-order valence-corrected chi connectivity index (χ4v) is 1.71. The molecule has 0 rings (SSSR count). The minimum Gasteiger partial charge on any atom is -0.157 e. The Balaban J connectivity index is 0. The van der Waals surface area contributed by atoms with E-state index in [1.165, 1.54) is 25.7 Å². The van der Waals surface area contributed by atoms with Crippen molar-refractivity contribution in [1.29, 1.82) is 0 Å². The zero-order valence-electron chi connectivity index (χ0n) is 6.65. The van der Waals surface area contributed by atoms with Crippen LogP contribution in [0.25, 0.3) is 0 Å². The molecule has 0 radical (unpaired) electrons. The van der Waals surface area contributed by atoms with E-state index in [0.717, 1.165) is 0 Å². The second kappa shape index (κ2) is 12.0. The van der Waals surface area contributed by atoms with Crippen LogP contribution in [0.15, 0.2) is 0 Å². The fourth-order valence-electron chi connectivity index (χ4n) is 0.854. The molecule has 0 bridgehead atoms. The largest absolute Gasteiger partial charge is 0.360 e. The number of hydrogen-bond donors (Lipinski definition) is 0. The van der Waals surface area contributed by atoms with Gasteiger partial charge >= 0.3 is 20.4 Å². The van der Waals surface area contributed by atoms with E-state index in [-0.39, 0.29) is 17.0 Å². The predicted molar refractivity (Wildman–Crippen MR) is 50.9 cm³/mol. The number of unbranched alkanes of at least 4 members (excludes halogenated alkanes) is 3. The summed E-state index contributed by atoms with van der Waals surface area (Å²) in [6.45, 7) is 2.27. The van der Waals surface area contributed by atoms with Gasteiger partial charge in [0.1, 0.15) is 0 Å². The van der Waals surface area contributed by atoms with Crippen molar-refractivity contribution in [1.82, 2.24) is 0 Å². The summed E-state index contributed by atoms with van der Waals surface area (Å²) in [5.41, 5.74) is 0. The Kier molecular flexibility index (Phi) is 17.1. The van der Waals surface area contributed by atoms with Gasteiger partial charge in [0.15, 0.2) is 0 Å². The van der Waals surface area contributed by atoms with Gasteiger partial charge in [-0.15, -0.1) is 21.5 Å². The van der Waals surface area contributed by atoms with E-state index in [1.807, 2.05) is 0 Å². The van der Waals surface area contributed by atoms with Crippen LogP contribution in [-0.2, 0) is 0 Å². The highest BCUT2D eigenvalue weighted by molar-refractivity contribution is 8.93. The lowest BCUT2D eigenvalue weighted by molar-refractivity contribution is 0.700. The molecule has 0 heterocycles. The minimum atomic E-state index is 0. The third kappa shape index (κ3) is 12.4. The van der Waals surface area contributed by atoms with Crippen molar-refractivity contribution < 1.29 is 0 Å². The van der Waals surface area contributed by atoms with Crippen LogP contribution < -0.4 is 0 Å². The lowest BCUT2D eigenvalue weighted by atomic mass is 10.2. The summed E-state index contributed by atoms with van der Waals surface area (Å²) in [4.78, 5) is 0. The maximum absolute atomic E-state index is 2.39. The van der Waals surface area contributed by atoms with Crippen LogP contribution in [0.4, 0.5) is 0 Å². The standard InChI is InChI=1S/C6H13.CH3.BrH.Mg/c1-3-5-6-4-2;;;/h1,3-6H2,2H3;1H3;1H;. The first-order valence-corrected chi connectivity index (χ1v) is 6.33. The van der Waals surface area contributed by atoms with Crippen molar-refractivity contribution in [2.45, 2.75) is 42.2 Å². The molecular formula is C7H17BrMg. The lowest BCUT2D eigenvalue weighted by Crippen LogP contribution is -1.80. The maximum Gasteiger partial charge on any atom is 0.360 e. The van der Waals surface area contributed by atoms with Gasteiger partial charge in [-0.3, -0.25) is 0 Å². The van der Waals surface area contributed by atoms with Gasteiger partial charge in [0.05, 0.1) is 0 Å². The van der Waals surface area contributed by atoms with Crippen LogP contribution in [0.1, 0.15) is 32.6 Å². The molecule has 0 nitrogen and oxygen atoms in total. The van der Waals surface area contributed by atoms with Gasteiger partial charge in [0.25, 0.3) is 0 Å². The monoisotopic (exact) mass is 204 g/mol. The van der Waals surface area contributed by atoms with Crippen molar-refractivity contribution in [3.63, 3.8) is 0 Å². The summed E-state index contributed by atoms with van der Waals surface area (Å²) in [5.74, 6) is 0. The number of rotatable bonds is 5. The van der Waals surface area contributed by atoms with Gasteiger partial charge in [0.2, 0.25) is 0 Å². The highest BCUT2D eigenvalue weighted by Crippen LogP contribution is 2.01. The second-order valence-electron chi connectivity index (χ2n) is 2.41. The van der Waals surface area contributed by atoms with Gasteiger partial charge < -0.3 is 0 Å². The predicted octanol–water partition coefficient (Wildman–Crippen LogP) is 3.32. The minimum absolute atomic E-state index is 0. The van der Waals surface area contributed by atoms with Gasteiger partial charge in [-0.2, -0.15) is 5.05 Å². The molecule has 0 aromatic heterocycles. The summed E-state index contributed by atoms with van der Waals surface area (Å²) < 4.78 is 1.57. The number of hydrogen-bond acceptors (Lipinski definition) is 0. The molecule has 0 fully saturated rings. The first-order valence-electron chi connectivity index (χ1n) is 3.91. The number of halogens is 1. The highest BCUT2D eigenvalue weighted by atomic mass is 79.9. The highest BCUT2D eigenvalue weighted by Gasteiger charge is 1.86. The molecule has 0 N–H and O–H groups in total. The van der Waals surface area contributed by atoms with Crippen LogP contribution >= 0.6 is 17.0 Å². The molecule has 0 aromatic rings. The van der Waals surface area contributed by atoms with E-state index in [9.17, 15) is 0 Å². The Morgan fingerprint density at radius 3 is 2.22 bits per heavy atom. The van der Waals surface area contributed by atoms with Gasteiger partial charge in [-0.25, -0.2) is 0 Å². The molecule has 0 saturated carbocycles. The third-order valence-corrected chi connectivity index (χ3v) is 2.66. The Labute approximate surface area is 79.3 Å². The van der Waals surface area contributed by atoms with Gasteiger partial charge in [0, 0.05) is 0 Å². The van der Waals surface area contributed by atoms with Crippen LogP contribution in [-0.4, -0.2) is 20.4 Å². The second-order valence-corrected chi connectivity index (χ2v) is 4.12. The molecule has 0 aliphatic carbocycles. The Morgan fingerprint density at radius 2 is 1.78 bits per heavy atom. The molecule has 0 saturated heterocycles. The van der Waals surface area contributed by atoms with Crippen molar-refractivity contribution in [2.24, 2.45) is 0 Å². The smallest absolute Gasteiger partial charge is 0.157 e. The summed E-state index contributed by atoms with van der Waals surface area (Å²) in [5, 5.41) is 2.39. The van der Waals surface area contributed by atoms with E-state index in [4.69, 9.17) is 0 Å². The SMILES string of the molecule is Br.CCCCC[CH2][Mg][CH3]. The average molecular weight is 205 g/mol. The summed E-state index contributed by atoms with van der Waals surface area (Å²) >= 11 is 0.386. The summed E-state index contributed by atoms with van der Waals surface area (Å²) in [7, 11) is 0. The van der Waals surface area contributed by atoms with Crippen molar-refractivity contribution >= 4 is 37.3 Å². The Bertz CT molecular complexity index is 33.9. The first kappa shape index (κ1) is 12.9. The average Bonchev–Trinajstić information content (AvgIpc) is 1.81. The molecular weight excluding hydrogens is 188 g/mol. The fraction of sp³-hybridized carbons (Fsp3) is 1.00. The van der Waals surface area contributed by atoms with E-state index in [0.29, 0.717) is 20.4 Å². The topological polar surface area (TPSA) is 0 Å². The summed E-state index contributed by atoms with van der Waals surface area (Å²) in [6, 6.07) is 0. The van der Waals surface area contributed by atoms with E-state index in [2.05, 4.69) is 12.0 Å². The van der Waals surface area contributed by atoms with Crippen LogP contribution in [0, 0.1) is 0 Å². The van der Waals surface area contributed by atoms with Crippen molar-refractivity contribution in [2.75, 3.05) is 0 Å². The normalized spacial score (nSPS) is 7.78. The molecule has 0 spiro atoms. The molecule has 0 atom stereocenters. The molecule has 0 amide bonds. The van der Waals surface area contributed by atoms with Crippen LogP contribution in [0.3, 0.4) is 0 Å². The van der Waals surface area contributed by atoms with E-state index in [1.54, 1.807) is 4.55 Å². The molecule has 2 heteroatoms. The lowest BCUT2D eigenvalue weighted by Gasteiger charge is -1.93. The zero-order valence-corrected chi connectivity index (χ0v) is 9.78. The van der Waals surface area contributed by atoms with Gasteiger partial charge in [-0.05, 0) is 0 Å². The Morgan fingerprint density at radius 1 is 1.11 bits per heavy atom. The molecule has 0 aliphatic rings. The van der Waals surface area contributed by atoms with E-state index >= 15 is 0 Å². The van der Waals surface area contributed by atoms with E-state index < -0.39 is 0 Å². The molecule has 0 unspecified atom stereocenters. The molecule has 54 valence electrons. The van der Waals surface area contributed by atoms with Crippen LogP contribution in [0.2, 0.25) is 9.60 Å². The first-order chi connectivity index (χ1) is 3.91. The van der Waals surface area contributed by atoms with Crippen molar-refractivity contribution in [3.8, 4) is 0 Å². The molecule has 0 aromatic carbocycles. The third-order valence-electron chi connectivity index (χ3n) is 1.46. The van der Waals surface area contributed by atoms with Gasteiger partial charge in [-0.1, -0.05) is 32.6 Å². The quantitative estimate of drug-likeness (QED) is 0.477. The Hall–Kier alpha value is 1.25. The molecule has 0 aliphatic heterocycles. The molecule has 9 heavy (non-hydrogen) atoms. The maximum atomic E-state index is 2.39. The zero-order chi connectivity index (χ0) is 6.24.